The van der Waals surface area contributed by atoms with E-state index in [1.807, 2.05) is 31.1 Å². The van der Waals surface area contributed by atoms with Crippen molar-refractivity contribution in [1.29, 1.82) is 0 Å². The summed E-state index contributed by atoms with van der Waals surface area (Å²) in [6, 6.07) is 9.14. The SMILES string of the molecule is C[C@@H](NS(=O)(=O)c1cccc2c(N(C)C)cccc12)[14C](=O)O. The molecule has 0 radical (unpaired) electrons. The van der Waals surface area contributed by atoms with Gasteiger partial charge in [-0.15, -0.1) is 0 Å². The van der Waals surface area contributed by atoms with Crippen molar-refractivity contribution in [3.05, 3.63) is 36.4 Å². The van der Waals surface area contributed by atoms with Crippen LogP contribution in [-0.2, 0) is 14.8 Å². The average Bonchev–Trinajstić information content (AvgIpc) is 2.45. The van der Waals surface area contributed by atoms with Crippen molar-refractivity contribution in [3.63, 3.8) is 0 Å². The molecule has 0 heterocycles. The lowest BCUT2D eigenvalue weighted by Crippen LogP contribution is -2.38. The molecule has 0 fully saturated rings. The lowest BCUT2D eigenvalue weighted by Gasteiger charge is -2.17. The number of hydrogen-bond acceptors (Lipinski definition) is 4. The summed E-state index contributed by atoms with van der Waals surface area (Å²) < 4.78 is 27.1. The first kappa shape index (κ1) is 16.3. The fourth-order valence-corrected chi connectivity index (χ4v) is 3.65. The first-order valence-corrected chi connectivity index (χ1v) is 8.16. The van der Waals surface area contributed by atoms with E-state index in [0.717, 1.165) is 11.1 Å². The first-order valence-electron chi connectivity index (χ1n) is 6.68. The van der Waals surface area contributed by atoms with Crippen LogP contribution in [0.15, 0.2) is 41.3 Å². The third-order valence-corrected chi connectivity index (χ3v) is 4.93. The monoisotopic (exact) mass is 324 g/mol. The van der Waals surface area contributed by atoms with Gasteiger partial charge in [0.2, 0.25) is 10.0 Å². The minimum atomic E-state index is -3.92. The van der Waals surface area contributed by atoms with Gasteiger partial charge >= 0.3 is 5.97 Å². The maximum Gasteiger partial charge on any atom is 0.321 e. The van der Waals surface area contributed by atoms with Gasteiger partial charge in [-0.2, -0.15) is 4.72 Å². The van der Waals surface area contributed by atoms with Crippen molar-refractivity contribution < 1.29 is 18.3 Å². The van der Waals surface area contributed by atoms with E-state index in [1.165, 1.54) is 13.0 Å². The molecular formula is C15H18N2O4S. The molecule has 0 amide bonds. The van der Waals surface area contributed by atoms with Gasteiger partial charge < -0.3 is 10.0 Å². The van der Waals surface area contributed by atoms with Crippen molar-refractivity contribution in [2.45, 2.75) is 17.9 Å². The topological polar surface area (TPSA) is 86.7 Å². The van der Waals surface area contributed by atoms with Crippen LogP contribution < -0.4 is 9.62 Å². The highest BCUT2D eigenvalue weighted by Gasteiger charge is 2.23. The summed E-state index contributed by atoms with van der Waals surface area (Å²) in [5.41, 5.74) is 0.890. The van der Waals surface area contributed by atoms with Crippen LogP contribution in [0.2, 0.25) is 0 Å². The number of hydrogen-bond donors (Lipinski definition) is 2. The standard InChI is InChI=1S/C15H18N2O4S/c1-10(15(18)19)16-22(20,21)14-9-5-6-11-12(14)7-4-8-13(11)17(2)3/h4-10,16H,1-3H3,(H,18,19)/t10-/m1/s1/i15+2. The molecule has 2 aromatic rings. The van der Waals surface area contributed by atoms with Crippen molar-refractivity contribution in [1.82, 2.24) is 4.72 Å². The zero-order chi connectivity index (χ0) is 16.5. The number of anilines is 1. The number of carboxylic acids is 1. The zero-order valence-corrected chi connectivity index (χ0v) is 13.4. The van der Waals surface area contributed by atoms with E-state index < -0.39 is 22.0 Å². The van der Waals surface area contributed by atoms with E-state index in [1.54, 1.807) is 18.2 Å². The molecule has 0 saturated heterocycles. The van der Waals surface area contributed by atoms with Crippen molar-refractivity contribution in [2.24, 2.45) is 0 Å². The molecule has 22 heavy (non-hydrogen) atoms. The molecule has 0 unspecified atom stereocenters. The van der Waals surface area contributed by atoms with Gasteiger partial charge in [0.25, 0.3) is 0 Å². The summed E-state index contributed by atoms with van der Waals surface area (Å²) in [7, 11) is -0.172. The number of rotatable bonds is 5. The second-order valence-corrected chi connectivity index (χ2v) is 6.89. The number of sulfonamides is 1. The Hall–Kier alpha value is -2.12. The minimum absolute atomic E-state index is 0.0711. The van der Waals surface area contributed by atoms with Crippen LogP contribution in [0, 0.1) is 0 Å². The molecule has 2 rings (SSSR count). The van der Waals surface area contributed by atoms with Crippen LogP contribution in [0.1, 0.15) is 6.92 Å². The summed E-state index contributed by atoms with van der Waals surface area (Å²) in [5.74, 6) is -1.22. The highest BCUT2D eigenvalue weighted by molar-refractivity contribution is 7.89. The van der Waals surface area contributed by atoms with Gasteiger partial charge in [-0.1, -0.05) is 24.3 Å². The Balaban J connectivity index is 2.62. The van der Waals surface area contributed by atoms with Crippen LogP contribution in [0.25, 0.3) is 10.8 Å². The Morgan fingerprint density at radius 2 is 1.73 bits per heavy atom. The molecule has 0 bridgehead atoms. The van der Waals surface area contributed by atoms with E-state index in [9.17, 15) is 13.2 Å². The van der Waals surface area contributed by atoms with Crippen molar-refractivity contribution in [3.8, 4) is 0 Å². The van der Waals surface area contributed by atoms with Crippen LogP contribution >= 0.6 is 0 Å². The molecule has 7 heteroatoms. The third-order valence-electron chi connectivity index (χ3n) is 3.33. The lowest BCUT2D eigenvalue weighted by atomic mass is 10.1. The number of aliphatic carboxylic acids is 1. The fourth-order valence-electron chi connectivity index (χ4n) is 2.24. The summed E-state index contributed by atoms with van der Waals surface area (Å²) >= 11 is 0. The number of nitrogens with zero attached hydrogens (tertiary/aromatic N) is 1. The molecule has 1 atom stereocenters. The first-order chi connectivity index (χ1) is 10.2. The van der Waals surface area contributed by atoms with Crippen LogP contribution in [0.3, 0.4) is 0 Å². The second-order valence-electron chi connectivity index (χ2n) is 5.20. The lowest BCUT2D eigenvalue weighted by molar-refractivity contribution is -0.138. The van der Waals surface area contributed by atoms with Crippen molar-refractivity contribution in [2.75, 3.05) is 19.0 Å². The maximum absolute atomic E-state index is 12.5. The molecule has 0 aliphatic heterocycles. The molecule has 0 aliphatic rings. The fraction of sp³-hybridized carbons (Fsp3) is 0.267. The number of carboxylic acid groups (broad SMARTS) is 1. The van der Waals surface area contributed by atoms with E-state index in [2.05, 4.69) is 4.72 Å². The molecule has 118 valence electrons. The van der Waals surface area contributed by atoms with Crippen LogP contribution in [0.4, 0.5) is 5.69 Å². The maximum atomic E-state index is 12.5. The summed E-state index contributed by atoms with van der Waals surface area (Å²) in [4.78, 5) is 12.8. The van der Waals surface area contributed by atoms with Gasteiger partial charge in [0.05, 0.1) is 4.90 Å². The number of benzene rings is 2. The predicted molar refractivity (Wildman–Crippen MR) is 85.7 cm³/mol. The highest BCUT2D eigenvalue weighted by atomic mass is 32.2. The normalized spacial score (nSPS) is 13.0. The smallest absolute Gasteiger partial charge is 0.321 e. The zero-order valence-electron chi connectivity index (χ0n) is 12.6. The Morgan fingerprint density at radius 3 is 2.32 bits per heavy atom. The summed E-state index contributed by atoms with van der Waals surface area (Å²) in [6.45, 7) is 1.29. The Bertz CT molecular complexity index is 815. The van der Waals surface area contributed by atoms with E-state index in [4.69, 9.17) is 5.11 Å². The molecule has 0 spiro atoms. The Kier molecular flexibility index (Phi) is 4.39. The van der Waals surface area contributed by atoms with E-state index >= 15 is 0 Å². The molecule has 2 N–H and O–H groups in total. The van der Waals surface area contributed by atoms with Gasteiger partial charge in [0.1, 0.15) is 6.04 Å². The van der Waals surface area contributed by atoms with E-state index in [0.29, 0.717) is 5.39 Å². The highest BCUT2D eigenvalue weighted by Crippen LogP contribution is 2.30. The van der Waals surface area contributed by atoms with E-state index in [-0.39, 0.29) is 4.90 Å². The Morgan fingerprint density at radius 1 is 1.14 bits per heavy atom. The molecule has 6 nitrogen and oxygen atoms in total. The van der Waals surface area contributed by atoms with Crippen molar-refractivity contribution >= 4 is 32.5 Å². The average molecular weight is 324 g/mol. The number of nitrogens with one attached hydrogen (secondary N) is 1. The molecule has 2 aromatic carbocycles. The number of fused-ring (bicyclic) bond motifs is 1. The molecule has 0 aliphatic carbocycles. The van der Waals surface area contributed by atoms with Gasteiger partial charge in [-0.05, 0) is 19.1 Å². The molecule has 0 saturated carbocycles. The second kappa shape index (κ2) is 5.94. The van der Waals surface area contributed by atoms with Gasteiger partial charge in [-0.25, -0.2) is 8.42 Å². The number of carbonyl (C=O) groups is 1. The predicted octanol–water partition coefficient (Wildman–Crippen LogP) is 1.66. The van der Waals surface area contributed by atoms with Crippen LogP contribution in [-0.4, -0.2) is 39.6 Å². The third kappa shape index (κ3) is 3.05. The van der Waals surface area contributed by atoms with Gasteiger partial charge in [0, 0.05) is 30.6 Å². The minimum Gasteiger partial charge on any atom is -0.480 e. The van der Waals surface area contributed by atoms with Gasteiger partial charge in [-0.3, -0.25) is 4.79 Å². The van der Waals surface area contributed by atoms with Gasteiger partial charge in [0.15, 0.2) is 0 Å². The summed E-state index contributed by atoms with van der Waals surface area (Å²) in [6.07, 6.45) is 0. The largest absolute Gasteiger partial charge is 0.480 e. The Labute approximate surface area is 129 Å². The molecule has 0 aromatic heterocycles. The summed E-state index contributed by atoms with van der Waals surface area (Å²) in [5, 5.41) is 10.2. The quantitative estimate of drug-likeness (QED) is 0.873. The van der Waals surface area contributed by atoms with Crippen LogP contribution in [0.5, 0.6) is 0 Å². The molecular weight excluding hydrogens is 306 g/mol.